The molecule has 4 heterocycles. The Morgan fingerprint density at radius 2 is 1.95 bits per heavy atom. The molecular weight excluding hydrogens is 546 g/mol. The summed E-state index contributed by atoms with van der Waals surface area (Å²) in [5.74, 6) is 0.515. The summed E-state index contributed by atoms with van der Waals surface area (Å²) in [4.78, 5) is 10.8. The second kappa shape index (κ2) is 10.3. The van der Waals surface area contributed by atoms with Gasteiger partial charge in [0.15, 0.2) is 12.5 Å². The van der Waals surface area contributed by atoms with Gasteiger partial charge >= 0.3 is 6.02 Å². The van der Waals surface area contributed by atoms with Crippen molar-refractivity contribution < 1.29 is 23.0 Å². The molecule has 2 aromatic rings. The lowest BCUT2D eigenvalue weighted by Gasteiger charge is -2.43. The van der Waals surface area contributed by atoms with E-state index in [2.05, 4.69) is 30.0 Å². The number of hydrogen-bond acceptors (Lipinski definition) is 10. The number of anilines is 2. The number of hydrogen-bond donors (Lipinski definition) is 3. The first-order valence-electron chi connectivity index (χ1n) is 14.3. The van der Waals surface area contributed by atoms with Gasteiger partial charge in [-0.25, -0.2) is 28.8 Å². The molecule has 3 unspecified atom stereocenters. The van der Waals surface area contributed by atoms with Gasteiger partial charge in [0.1, 0.15) is 17.3 Å². The third-order valence-corrected chi connectivity index (χ3v) is 10.5. The molecule has 6 rings (SSSR count). The van der Waals surface area contributed by atoms with Crippen molar-refractivity contribution in [3.63, 3.8) is 0 Å². The molecule has 1 aromatic carbocycles. The number of piperidine rings is 1. The van der Waals surface area contributed by atoms with Gasteiger partial charge in [-0.1, -0.05) is 12.1 Å². The molecule has 4 aliphatic rings. The fourth-order valence-corrected chi connectivity index (χ4v) is 7.25. The number of benzene rings is 1. The predicted octanol–water partition coefficient (Wildman–Crippen LogP) is 3.14. The summed E-state index contributed by atoms with van der Waals surface area (Å²) in [7, 11) is -4.11. The van der Waals surface area contributed by atoms with E-state index < -0.39 is 20.9 Å². The highest BCUT2D eigenvalue weighted by molar-refractivity contribution is 7.90. The molecule has 0 radical (unpaired) electrons. The number of phenolic OH excluding ortho intramolecular Hbond substituents is 1. The molecule has 13 heteroatoms. The van der Waals surface area contributed by atoms with E-state index in [0.29, 0.717) is 29.0 Å². The maximum absolute atomic E-state index is 13.4. The van der Waals surface area contributed by atoms with Gasteiger partial charge < -0.3 is 24.8 Å². The van der Waals surface area contributed by atoms with Crippen molar-refractivity contribution in [2.75, 3.05) is 36.3 Å². The zero-order chi connectivity index (χ0) is 29.0. The number of aromatic hydroxyl groups is 1. The number of para-hydroxylation sites is 1. The van der Waals surface area contributed by atoms with Gasteiger partial charge in [-0.3, -0.25) is 0 Å². The molecular formula is C28H39N7O5S. The van der Waals surface area contributed by atoms with E-state index in [-0.39, 0.29) is 30.6 Å². The number of rotatable bonds is 6. The molecule has 12 nitrogen and oxygen atoms in total. The van der Waals surface area contributed by atoms with Crippen LogP contribution in [0.25, 0.3) is 0 Å². The van der Waals surface area contributed by atoms with Crippen LogP contribution in [0, 0.1) is 5.41 Å². The Bertz CT molecular complexity index is 1440. The van der Waals surface area contributed by atoms with E-state index >= 15 is 0 Å². The molecule has 1 aliphatic carbocycles. The summed E-state index contributed by atoms with van der Waals surface area (Å²) < 4.78 is 42.5. The summed E-state index contributed by atoms with van der Waals surface area (Å²) >= 11 is 0. The zero-order valence-corrected chi connectivity index (χ0v) is 24.8. The highest BCUT2D eigenvalue weighted by Crippen LogP contribution is 2.54. The van der Waals surface area contributed by atoms with Crippen LogP contribution in [0.2, 0.25) is 0 Å². The molecule has 222 valence electrons. The smallest absolute Gasteiger partial charge is 0.321 e. The predicted molar refractivity (Wildman–Crippen MR) is 155 cm³/mol. The number of nitrogens with zero attached hydrogens (tertiary/aromatic N) is 5. The molecule has 4 fully saturated rings. The van der Waals surface area contributed by atoms with Crippen LogP contribution >= 0.6 is 0 Å². The maximum atomic E-state index is 13.4. The fraction of sp³-hybridized carbons (Fsp3) is 0.607. The quantitative estimate of drug-likeness (QED) is 0.460. The van der Waals surface area contributed by atoms with E-state index in [4.69, 9.17) is 9.47 Å². The highest BCUT2D eigenvalue weighted by Gasteiger charge is 2.45. The van der Waals surface area contributed by atoms with Crippen molar-refractivity contribution in [1.29, 1.82) is 0 Å². The van der Waals surface area contributed by atoms with Crippen molar-refractivity contribution in [1.82, 2.24) is 20.7 Å². The zero-order valence-electron chi connectivity index (χ0n) is 24.0. The Hall–Kier alpha value is -3.16. The van der Waals surface area contributed by atoms with E-state index in [1.54, 1.807) is 23.3 Å². The molecule has 3 saturated heterocycles. The Kier molecular flexibility index (Phi) is 7.02. The Morgan fingerprint density at radius 3 is 2.66 bits per heavy atom. The van der Waals surface area contributed by atoms with E-state index in [1.165, 1.54) is 26.1 Å². The van der Waals surface area contributed by atoms with Crippen LogP contribution in [-0.2, 0) is 19.5 Å². The largest absolute Gasteiger partial charge is 0.505 e. The maximum Gasteiger partial charge on any atom is 0.321 e. The minimum atomic E-state index is -4.11. The average molecular weight is 586 g/mol. The second-order valence-corrected chi connectivity index (χ2v) is 14.2. The lowest BCUT2D eigenvalue weighted by atomic mass is 9.90. The number of aromatic nitrogens is 2. The van der Waals surface area contributed by atoms with Crippen molar-refractivity contribution in [2.45, 2.75) is 76.4 Å². The Balaban J connectivity index is 1.19. The van der Waals surface area contributed by atoms with Crippen LogP contribution in [-0.4, -0.2) is 67.6 Å². The first kappa shape index (κ1) is 28.0. The number of nitrogens with one attached hydrogen (secondary N) is 2. The Morgan fingerprint density at radius 1 is 1.20 bits per heavy atom. The molecule has 3 aliphatic heterocycles. The first-order valence-corrected chi connectivity index (χ1v) is 15.8. The second-order valence-electron chi connectivity index (χ2n) is 12.2. The van der Waals surface area contributed by atoms with Crippen LogP contribution in [0.1, 0.15) is 75.8 Å². The standard InChI is InChI=1S/C28H39N7O5S/c1-18-14-30-24(27(3,4)40-18)21-15-29-16-31-25(21)35-17-39-26(32-35)33-41(37,38)19(2)20-6-5-7-22(23(20)36)34-12-10-28(8-9-28)11-13-34/h5-7,15-16,18-19,24,30,36H,8-14,17H2,1-4H3,(H,32,33). The highest BCUT2D eigenvalue weighted by atomic mass is 32.2. The van der Waals surface area contributed by atoms with Gasteiger partial charge in [-0.15, -0.1) is 4.40 Å². The van der Waals surface area contributed by atoms with Crippen molar-refractivity contribution in [3.05, 3.63) is 41.9 Å². The number of morpholine rings is 1. The number of amidine groups is 1. The van der Waals surface area contributed by atoms with Crippen molar-refractivity contribution in [2.24, 2.45) is 9.81 Å². The summed E-state index contributed by atoms with van der Waals surface area (Å²) in [6.45, 7) is 9.93. The molecule has 3 N–H and O–H groups in total. The van der Waals surface area contributed by atoms with Crippen LogP contribution in [0.4, 0.5) is 11.5 Å². The third-order valence-electron chi connectivity index (χ3n) is 8.92. The first-order chi connectivity index (χ1) is 19.5. The summed E-state index contributed by atoms with van der Waals surface area (Å²) in [5, 5.41) is 15.2. The minimum Gasteiger partial charge on any atom is -0.505 e. The molecule has 1 spiro atoms. The number of hydrazine groups is 1. The molecule has 0 bridgehead atoms. The Labute approximate surface area is 241 Å². The van der Waals surface area contributed by atoms with Crippen molar-refractivity contribution >= 4 is 27.6 Å². The van der Waals surface area contributed by atoms with Crippen LogP contribution in [0.5, 0.6) is 5.75 Å². The van der Waals surface area contributed by atoms with Gasteiger partial charge in [0, 0.05) is 37.0 Å². The van der Waals surface area contributed by atoms with Gasteiger partial charge in [0.2, 0.25) is 0 Å². The van der Waals surface area contributed by atoms with Crippen LogP contribution < -0.4 is 20.7 Å². The molecule has 0 amide bonds. The van der Waals surface area contributed by atoms with Crippen LogP contribution in [0.3, 0.4) is 0 Å². The molecule has 41 heavy (non-hydrogen) atoms. The third kappa shape index (κ3) is 5.42. The summed E-state index contributed by atoms with van der Waals surface area (Å²) in [6, 6.07) is 4.91. The SMILES string of the molecule is CC1CNC(c2cncnc2N2COC(=NS(=O)(=O)C(C)c3cccc(N4CCC5(CC4)CC5)c3O)N2)C(C)(C)O1. The van der Waals surface area contributed by atoms with Crippen LogP contribution in [0.15, 0.2) is 35.1 Å². The number of ether oxygens (including phenoxy) is 2. The van der Waals surface area contributed by atoms with Gasteiger partial charge in [-0.05, 0) is 64.9 Å². The number of phenols is 1. The topological polar surface area (TPSA) is 142 Å². The van der Waals surface area contributed by atoms with Gasteiger partial charge in [-0.2, -0.15) is 0 Å². The lowest BCUT2D eigenvalue weighted by molar-refractivity contribution is -0.115. The average Bonchev–Trinajstić information content (AvgIpc) is 3.53. The summed E-state index contributed by atoms with van der Waals surface area (Å²) in [5.41, 5.74) is 4.66. The van der Waals surface area contributed by atoms with Crippen molar-refractivity contribution in [3.8, 4) is 5.75 Å². The lowest BCUT2D eigenvalue weighted by Crippen LogP contribution is -2.52. The number of sulfonamides is 1. The molecule has 1 aromatic heterocycles. The van der Waals surface area contributed by atoms with E-state index in [1.807, 2.05) is 26.8 Å². The fourth-order valence-electron chi connectivity index (χ4n) is 6.26. The summed E-state index contributed by atoms with van der Waals surface area (Å²) in [6.07, 6.45) is 7.99. The molecule has 3 atom stereocenters. The normalized spacial score (nSPS) is 27.0. The van der Waals surface area contributed by atoms with Gasteiger partial charge in [0.05, 0.1) is 23.4 Å². The van der Waals surface area contributed by atoms with E-state index in [9.17, 15) is 13.5 Å². The van der Waals surface area contributed by atoms with Gasteiger partial charge in [0.25, 0.3) is 10.0 Å². The molecule has 1 saturated carbocycles. The monoisotopic (exact) mass is 585 g/mol. The van der Waals surface area contributed by atoms with E-state index in [0.717, 1.165) is 31.5 Å². The minimum absolute atomic E-state index is 0.00561.